The molecular formula is C18H25ClFNO3. The average Bonchev–Trinajstić information content (AvgIpc) is 2.50. The third-order valence-electron chi connectivity index (χ3n) is 3.97. The molecule has 4 nitrogen and oxygen atoms in total. The molecule has 0 saturated carbocycles. The van der Waals surface area contributed by atoms with Crippen molar-refractivity contribution < 1.29 is 18.7 Å². The van der Waals surface area contributed by atoms with Gasteiger partial charge in [0.25, 0.3) is 6.47 Å². The molecule has 0 amide bonds. The molecule has 0 aliphatic carbocycles. The molecule has 1 saturated heterocycles. The Labute approximate surface area is 147 Å². The van der Waals surface area contributed by atoms with E-state index in [0.29, 0.717) is 12.9 Å². The number of aldehydes is 1. The maximum absolute atomic E-state index is 13.5. The lowest BCUT2D eigenvalue weighted by Crippen LogP contribution is -2.40. The molecule has 0 unspecified atom stereocenters. The van der Waals surface area contributed by atoms with Crippen LogP contribution in [0.4, 0.5) is 4.39 Å². The van der Waals surface area contributed by atoms with E-state index in [9.17, 15) is 14.0 Å². The third kappa shape index (κ3) is 6.21. The largest absolute Gasteiger partial charge is 0.462 e. The fourth-order valence-electron chi connectivity index (χ4n) is 2.65. The van der Waals surface area contributed by atoms with Crippen molar-refractivity contribution in [2.75, 3.05) is 13.1 Å². The highest BCUT2D eigenvalue weighted by Crippen LogP contribution is 2.37. The van der Waals surface area contributed by atoms with Crippen molar-refractivity contribution in [1.29, 1.82) is 0 Å². The van der Waals surface area contributed by atoms with E-state index >= 15 is 0 Å². The van der Waals surface area contributed by atoms with Crippen LogP contribution in [0.25, 0.3) is 0 Å². The van der Waals surface area contributed by atoms with Crippen molar-refractivity contribution in [3.05, 3.63) is 34.6 Å². The smallest absolute Gasteiger partial charge is 0.293 e. The summed E-state index contributed by atoms with van der Waals surface area (Å²) in [6, 6.07) is 4.87. The number of hydrogen-bond acceptors (Lipinski definition) is 4. The molecule has 134 valence electrons. The van der Waals surface area contributed by atoms with Crippen LogP contribution in [-0.2, 0) is 19.7 Å². The summed E-state index contributed by atoms with van der Waals surface area (Å²) in [7, 11) is 0. The van der Waals surface area contributed by atoms with Crippen molar-refractivity contribution in [1.82, 2.24) is 5.32 Å². The summed E-state index contributed by atoms with van der Waals surface area (Å²) in [5.74, 6) is -0.409. The maximum atomic E-state index is 13.5. The zero-order valence-electron chi connectivity index (χ0n) is 14.4. The zero-order chi connectivity index (χ0) is 18.2. The van der Waals surface area contributed by atoms with Crippen LogP contribution in [0.2, 0.25) is 5.02 Å². The predicted octanol–water partition coefficient (Wildman–Crippen LogP) is 3.65. The molecule has 0 spiro atoms. The van der Waals surface area contributed by atoms with Crippen LogP contribution in [0, 0.1) is 5.82 Å². The van der Waals surface area contributed by atoms with Gasteiger partial charge in [0.05, 0.1) is 5.02 Å². The molecule has 0 radical (unpaired) electrons. The van der Waals surface area contributed by atoms with E-state index in [2.05, 4.69) is 10.1 Å². The first kappa shape index (κ1) is 20.6. The fourth-order valence-corrected chi connectivity index (χ4v) is 2.76. The summed E-state index contributed by atoms with van der Waals surface area (Å²) >= 11 is 5.69. The van der Waals surface area contributed by atoms with Crippen molar-refractivity contribution in [3.8, 4) is 0 Å². The first-order valence-corrected chi connectivity index (χ1v) is 8.33. The normalized spacial score (nSPS) is 16.5. The molecule has 1 aliphatic rings. The number of carbonyl (C=O) groups is 2. The van der Waals surface area contributed by atoms with Gasteiger partial charge in [-0.15, -0.1) is 0 Å². The van der Waals surface area contributed by atoms with Gasteiger partial charge < -0.3 is 14.8 Å². The first-order chi connectivity index (χ1) is 11.2. The SMILES string of the molecule is CC(C)(C)OC=O.O=CCC1(c2ccc(Cl)c(F)c2)CCNCC1. The van der Waals surface area contributed by atoms with E-state index in [1.54, 1.807) is 6.07 Å². The van der Waals surface area contributed by atoms with Crippen LogP contribution in [0.15, 0.2) is 18.2 Å². The molecule has 0 aromatic heterocycles. The Morgan fingerprint density at radius 2 is 1.92 bits per heavy atom. The molecule has 1 aromatic rings. The second kappa shape index (κ2) is 9.14. The molecule has 2 rings (SSSR count). The summed E-state index contributed by atoms with van der Waals surface area (Å²) in [4.78, 5) is 20.5. The molecule has 6 heteroatoms. The molecule has 0 bridgehead atoms. The molecule has 1 fully saturated rings. The second-order valence-electron chi connectivity index (χ2n) is 6.86. The Balaban J connectivity index is 0.000000351. The van der Waals surface area contributed by atoms with Gasteiger partial charge in [0.2, 0.25) is 0 Å². The van der Waals surface area contributed by atoms with Gasteiger partial charge in [-0.2, -0.15) is 0 Å². The Morgan fingerprint density at radius 1 is 1.29 bits per heavy atom. The first-order valence-electron chi connectivity index (χ1n) is 7.95. The highest BCUT2D eigenvalue weighted by Gasteiger charge is 2.33. The maximum Gasteiger partial charge on any atom is 0.293 e. The van der Waals surface area contributed by atoms with Crippen LogP contribution >= 0.6 is 11.6 Å². The van der Waals surface area contributed by atoms with Gasteiger partial charge in [0, 0.05) is 11.8 Å². The van der Waals surface area contributed by atoms with Crippen LogP contribution in [0.1, 0.15) is 45.6 Å². The van der Waals surface area contributed by atoms with Gasteiger partial charge in [-0.05, 0) is 64.4 Å². The molecule has 24 heavy (non-hydrogen) atoms. The lowest BCUT2D eigenvalue weighted by Gasteiger charge is -2.37. The molecule has 1 N–H and O–H groups in total. The monoisotopic (exact) mass is 357 g/mol. The lowest BCUT2D eigenvalue weighted by atomic mass is 9.71. The minimum Gasteiger partial charge on any atom is -0.462 e. The topological polar surface area (TPSA) is 55.4 Å². The summed E-state index contributed by atoms with van der Waals surface area (Å²) in [5.41, 5.74) is 0.341. The van der Waals surface area contributed by atoms with Crippen LogP contribution in [0.3, 0.4) is 0 Å². The van der Waals surface area contributed by atoms with Crippen molar-refractivity contribution in [2.24, 2.45) is 0 Å². The van der Waals surface area contributed by atoms with Crippen LogP contribution in [0.5, 0.6) is 0 Å². The molecule has 1 heterocycles. The Hall–Kier alpha value is -1.46. The summed E-state index contributed by atoms with van der Waals surface area (Å²) in [5, 5.41) is 3.39. The Bertz CT molecular complexity index is 552. The molecular weight excluding hydrogens is 333 g/mol. The molecule has 1 aromatic carbocycles. The van der Waals surface area contributed by atoms with Crippen molar-refractivity contribution in [3.63, 3.8) is 0 Å². The Morgan fingerprint density at radius 3 is 2.33 bits per heavy atom. The lowest BCUT2D eigenvalue weighted by molar-refractivity contribution is -0.138. The summed E-state index contributed by atoms with van der Waals surface area (Å²) in [6.45, 7) is 7.64. The van der Waals surface area contributed by atoms with Gasteiger partial charge in [-0.3, -0.25) is 4.79 Å². The highest BCUT2D eigenvalue weighted by molar-refractivity contribution is 6.30. The van der Waals surface area contributed by atoms with E-state index in [0.717, 1.165) is 37.8 Å². The van der Waals surface area contributed by atoms with Gasteiger partial charge >= 0.3 is 0 Å². The predicted molar refractivity (Wildman–Crippen MR) is 92.8 cm³/mol. The quantitative estimate of drug-likeness (QED) is 0.836. The van der Waals surface area contributed by atoms with E-state index in [-0.39, 0.29) is 16.0 Å². The van der Waals surface area contributed by atoms with E-state index in [1.807, 2.05) is 26.8 Å². The van der Waals surface area contributed by atoms with E-state index in [1.165, 1.54) is 6.07 Å². The van der Waals surface area contributed by atoms with Gasteiger partial charge in [0.1, 0.15) is 17.7 Å². The van der Waals surface area contributed by atoms with Crippen molar-refractivity contribution in [2.45, 2.75) is 51.0 Å². The number of piperidine rings is 1. The zero-order valence-corrected chi connectivity index (χ0v) is 15.2. The number of carbonyl (C=O) groups excluding carboxylic acids is 2. The van der Waals surface area contributed by atoms with Gasteiger partial charge in [0.15, 0.2) is 0 Å². The molecule has 1 aliphatic heterocycles. The van der Waals surface area contributed by atoms with Crippen molar-refractivity contribution >= 4 is 24.4 Å². The second-order valence-corrected chi connectivity index (χ2v) is 7.26. The number of nitrogens with one attached hydrogen (secondary N) is 1. The number of benzene rings is 1. The highest BCUT2D eigenvalue weighted by atomic mass is 35.5. The van der Waals surface area contributed by atoms with E-state index in [4.69, 9.17) is 11.6 Å². The van der Waals surface area contributed by atoms with Gasteiger partial charge in [-0.1, -0.05) is 17.7 Å². The number of ether oxygens (including phenoxy) is 1. The number of hydrogen-bond donors (Lipinski definition) is 1. The standard InChI is InChI=1S/C13H15ClFNO.C5H10O2/c14-11-2-1-10(9-12(11)15)13(5-8-17)3-6-16-7-4-13;1-5(2,3)7-4-6/h1-2,8-9,16H,3-7H2;4H,1-3H3. The third-order valence-corrected chi connectivity index (χ3v) is 4.27. The number of rotatable bonds is 4. The fraction of sp³-hybridized carbons (Fsp3) is 0.556. The van der Waals surface area contributed by atoms with Gasteiger partial charge in [-0.25, -0.2) is 4.39 Å². The Kier molecular flexibility index (Phi) is 7.84. The summed E-state index contributed by atoms with van der Waals surface area (Å²) < 4.78 is 18.1. The summed E-state index contributed by atoms with van der Waals surface area (Å²) in [6.07, 6.45) is 3.08. The average molecular weight is 358 g/mol. The minimum absolute atomic E-state index is 0.129. The minimum atomic E-state index is -0.409. The van der Waals surface area contributed by atoms with E-state index < -0.39 is 5.82 Å². The molecule has 0 atom stereocenters. The number of halogens is 2. The van der Waals surface area contributed by atoms with Crippen LogP contribution in [-0.4, -0.2) is 31.4 Å². The van der Waals surface area contributed by atoms with Crippen LogP contribution < -0.4 is 5.32 Å².